The van der Waals surface area contributed by atoms with E-state index >= 15 is 0 Å². The van der Waals surface area contributed by atoms with E-state index in [0.717, 1.165) is 11.8 Å². The molecule has 0 aliphatic heterocycles. The molecule has 19 heavy (non-hydrogen) atoms. The zero-order chi connectivity index (χ0) is 14.6. The zero-order valence-electron chi connectivity index (χ0n) is 11.3. The highest BCUT2D eigenvalue weighted by Crippen LogP contribution is 2.30. The average Bonchev–Trinajstić information content (AvgIpc) is 2.28. The van der Waals surface area contributed by atoms with Gasteiger partial charge in [0.25, 0.3) is 0 Å². The fourth-order valence-corrected chi connectivity index (χ4v) is 2.01. The number of aromatic nitrogens is 2. The van der Waals surface area contributed by atoms with E-state index in [2.05, 4.69) is 9.97 Å². The number of rotatable bonds is 5. The van der Waals surface area contributed by atoms with E-state index in [9.17, 15) is 9.59 Å². The summed E-state index contributed by atoms with van der Waals surface area (Å²) in [6.45, 7) is 6.79. The number of carboxylic acids is 1. The number of nitrogens with zero attached hydrogens (tertiary/aromatic N) is 2. The van der Waals surface area contributed by atoms with E-state index in [1.54, 1.807) is 27.7 Å². The maximum Gasteiger partial charge on any atom is 0.341 e. The van der Waals surface area contributed by atoms with Crippen LogP contribution in [0.4, 0.5) is 0 Å². The molecule has 104 valence electrons. The van der Waals surface area contributed by atoms with E-state index < -0.39 is 16.7 Å². The molecule has 0 aromatic carbocycles. The van der Waals surface area contributed by atoms with Crippen molar-refractivity contribution in [3.8, 4) is 0 Å². The van der Waals surface area contributed by atoms with Gasteiger partial charge in [0.05, 0.1) is 17.9 Å². The quantitative estimate of drug-likeness (QED) is 0.502. The van der Waals surface area contributed by atoms with Crippen molar-refractivity contribution in [1.29, 1.82) is 0 Å². The Labute approximate surface area is 115 Å². The van der Waals surface area contributed by atoms with Crippen molar-refractivity contribution in [2.45, 2.75) is 37.6 Å². The van der Waals surface area contributed by atoms with Crippen molar-refractivity contribution in [2.24, 2.45) is 0 Å². The Bertz CT molecular complexity index is 503. The van der Waals surface area contributed by atoms with Crippen LogP contribution in [0.3, 0.4) is 0 Å². The number of ether oxygens (including phenoxy) is 1. The maximum atomic E-state index is 11.6. The van der Waals surface area contributed by atoms with Gasteiger partial charge in [0.2, 0.25) is 0 Å². The number of hydrogen-bond donors (Lipinski definition) is 1. The first kappa shape index (κ1) is 15.4. The Morgan fingerprint density at radius 3 is 2.58 bits per heavy atom. The molecule has 0 saturated carbocycles. The van der Waals surface area contributed by atoms with Crippen LogP contribution in [0.25, 0.3) is 0 Å². The van der Waals surface area contributed by atoms with Gasteiger partial charge in [-0.05, 0) is 27.7 Å². The predicted molar refractivity (Wildman–Crippen MR) is 70.3 cm³/mol. The van der Waals surface area contributed by atoms with Crippen molar-refractivity contribution in [3.05, 3.63) is 17.5 Å². The molecule has 1 aromatic rings. The number of thioether (sulfide) groups is 1. The SMILES string of the molecule is CCOC(=O)c1cnc(SC(C)(C)C(=O)O)nc1C. The van der Waals surface area contributed by atoms with Crippen molar-refractivity contribution >= 4 is 23.7 Å². The summed E-state index contributed by atoms with van der Waals surface area (Å²) in [6, 6.07) is 0. The molecule has 1 aromatic heterocycles. The standard InChI is InChI=1S/C12H16N2O4S/c1-5-18-9(15)8-6-13-11(14-7(8)2)19-12(3,4)10(16)17/h6H,5H2,1-4H3,(H,16,17). The average molecular weight is 284 g/mol. The molecule has 0 atom stereocenters. The van der Waals surface area contributed by atoms with Gasteiger partial charge >= 0.3 is 11.9 Å². The second-order valence-corrected chi connectivity index (χ2v) is 5.88. The Kier molecular flexibility index (Phi) is 4.88. The van der Waals surface area contributed by atoms with Crippen LogP contribution in [0.15, 0.2) is 11.4 Å². The molecular weight excluding hydrogens is 268 g/mol. The van der Waals surface area contributed by atoms with Gasteiger partial charge in [-0.1, -0.05) is 11.8 Å². The Morgan fingerprint density at radius 2 is 2.11 bits per heavy atom. The van der Waals surface area contributed by atoms with Gasteiger partial charge in [0.15, 0.2) is 5.16 Å². The summed E-state index contributed by atoms with van der Waals surface area (Å²) in [4.78, 5) is 30.7. The van der Waals surface area contributed by atoms with Crippen LogP contribution in [0, 0.1) is 6.92 Å². The molecular formula is C12H16N2O4S. The molecule has 0 saturated heterocycles. The maximum absolute atomic E-state index is 11.6. The van der Waals surface area contributed by atoms with Crippen LogP contribution in [0.5, 0.6) is 0 Å². The second kappa shape index (κ2) is 6.01. The highest BCUT2D eigenvalue weighted by molar-refractivity contribution is 8.01. The Balaban J connectivity index is 2.94. The first-order valence-corrected chi connectivity index (χ1v) is 6.52. The molecule has 1 heterocycles. The van der Waals surface area contributed by atoms with Gasteiger partial charge in [-0.3, -0.25) is 4.79 Å². The molecule has 0 aliphatic rings. The molecule has 0 amide bonds. The van der Waals surface area contributed by atoms with Crippen LogP contribution in [0.2, 0.25) is 0 Å². The lowest BCUT2D eigenvalue weighted by Crippen LogP contribution is -2.27. The number of aliphatic carboxylic acids is 1. The van der Waals surface area contributed by atoms with E-state index in [0.29, 0.717) is 16.4 Å². The molecule has 6 nitrogen and oxygen atoms in total. The van der Waals surface area contributed by atoms with Gasteiger partial charge in [-0.25, -0.2) is 14.8 Å². The van der Waals surface area contributed by atoms with Crippen molar-refractivity contribution in [1.82, 2.24) is 9.97 Å². The minimum absolute atomic E-state index is 0.279. The molecule has 0 aliphatic carbocycles. The van der Waals surface area contributed by atoms with Crippen molar-refractivity contribution in [2.75, 3.05) is 6.61 Å². The van der Waals surface area contributed by atoms with Gasteiger partial charge in [0, 0.05) is 6.20 Å². The summed E-state index contributed by atoms with van der Waals surface area (Å²) in [5, 5.41) is 9.35. The predicted octanol–water partition coefficient (Wildman–Crippen LogP) is 1.92. The second-order valence-electron chi connectivity index (χ2n) is 4.29. The molecule has 0 unspecified atom stereocenters. The van der Waals surface area contributed by atoms with Gasteiger partial charge < -0.3 is 9.84 Å². The number of carbonyl (C=O) groups excluding carboxylic acids is 1. The van der Waals surface area contributed by atoms with E-state index in [-0.39, 0.29) is 6.61 Å². The minimum atomic E-state index is -1.03. The van der Waals surface area contributed by atoms with Crippen LogP contribution < -0.4 is 0 Å². The molecule has 0 fully saturated rings. The van der Waals surface area contributed by atoms with E-state index in [1.165, 1.54) is 6.20 Å². The van der Waals surface area contributed by atoms with E-state index in [1.807, 2.05) is 0 Å². The molecule has 7 heteroatoms. The van der Waals surface area contributed by atoms with Gasteiger partial charge in [0.1, 0.15) is 4.75 Å². The number of carbonyl (C=O) groups is 2. The number of aryl methyl sites for hydroxylation is 1. The molecule has 1 N–H and O–H groups in total. The van der Waals surface area contributed by atoms with Crippen molar-refractivity contribution in [3.63, 3.8) is 0 Å². The highest BCUT2D eigenvalue weighted by atomic mass is 32.2. The lowest BCUT2D eigenvalue weighted by atomic mass is 10.2. The van der Waals surface area contributed by atoms with Crippen LogP contribution in [-0.4, -0.2) is 38.4 Å². The monoisotopic (exact) mass is 284 g/mol. The zero-order valence-corrected chi connectivity index (χ0v) is 12.1. The van der Waals surface area contributed by atoms with Crippen LogP contribution in [0.1, 0.15) is 36.8 Å². The third-order valence-electron chi connectivity index (χ3n) is 2.31. The first-order chi connectivity index (χ1) is 8.77. The van der Waals surface area contributed by atoms with Crippen molar-refractivity contribution < 1.29 is 19.4 Å². The Hall–Kier alpha value is -1.63. The molecule has 0 bridgehead atoms. The summed E-state index contributed by atoms with van der Waals surface area (Å²) in [5.74, 6) is -1.43. The first-order valence-electron chi connectivity index (χ1n) is 5.71. The highest BCUT2D eigenvalue weighted by Gasteiger charge is 2.30. The molecule has 0 radical (unpaired) electrons. The lowest BCUT2D eigenvalue weighted by molar-refractivity contribution is -0.138. The number of hydrogen-bond acceptors (Lipinski definition) is 6. The fraction of sp³-hybridized carbons (Fsp3) is 0.500. The molecule has 1 rings (SSSR count). The van der Waals surface area contributed by atoms with Gasteiger partial charge in [-0.2, -0.15) is 0 Å². The normalized spacial score (nSPS) is 11.2. The van der Waals surface area contributed by atoms with E-state index in [4.69, 9.17) is 9.84 Å². The largest absolute Gasteiger partial charge is 0.480 e. The minimum Gasteiger partial charge on any atom is -0.480 e. The molecule has 0 spiro atoms. The number of carboxylic acid groups (broad SMARTS) is 1. The van der Waals surface area contributed by atoms with Gasteiger partial charge in [-0.15, -0.1) is 0 Å². The topological polar surface area (TPSA) is 89.4 Å². The third kappa shape index (κ3) is 3.92. The van der Waals surface area contributed by atoms with Crippen LogP contribution >= 0.6 is 11.8 Å². The fourth-order valence-electron chi connectivity index (χ4n) is 1.18. The summed E-state index contributed by atoms with van der Waals surface area (Å²) >= 11 is 1.03. The summed E-state index contributed by atoms with van der Waals surface area (Å²) in [5.41, 5.74) is 0.761. The smallest absolute Gasteiger partial charge is 0.341 e. The lowest BCUT2D eigenvalue weighted by Gasteiger charge is -2.17. The Morgan fingerprint density at radius 1 is 1.47 bits per heavy atom. The summed E-state index contributed by atoms with van der Waals surface area (Å²) in [7, 11) is 0. The third-order valence-corrected chi connectivity index (χ3v) is 3.38. The summed E-state index contributed by atoms with van der Waals surface area (Å²) < 4.78 is 3.84. The summed E-state index contributed by atoms with van der Waals surface area (Å²) in [6.07, 6.45) is 1.36. The van der Waals surface area contributed by atoms with Crippen LogP contribution in [-0.2, 0) is 9.53 Å². The number of esters is 1.